The van der Waals surface area contributed by atoms with Gasteiger partial charge in [0.1, 0.15) is 28.5 Å². The molecule has 0 radical (unpaired) electrons. The topological polar surface area (TPSA) is 124 Å². The molecule has 3 N–H and O–H groups in total. The molecule has 11 nitrogen and oxygen atoms in total. The van der Waals surface area contributed by atoms with E-state index >= 15 is 8.78 Å². The molecular formula is C29H33F5N8O3. The summed E-state index contributed by atoms with van der Waals surface area (Å²) in [4.78, 5) is 21.0. The fraction of sp³-hybridized carbons (Fsp3) is 0.586. The fourth-order valence-corrected chi connectivity index (χ4v) is 6.54. The Morgan fingerprint density at radius 1 is 1.07 bits per heavy atom. The SMILES string of the molecule is Cc1nc(N)c(F)c(-c2nc3c4c(nc(OCC5(CN6CCOCC6)CC5)nc4c2F)N2CCNC[C@H]2[C@H](C)O3)c1C(F)(F)F. The minimum Gasteiger partial charge on any atom is -0.472 e. The summed E-state index contributed by atoms with van der Waals surface area (Å²) in [7, 11) is 0. The number of anilines is 2. The van der Waals surface area contributed by atoms with Crippen molar-refractivity contribution in [2.75, 3.05) is 69.7 Å². The van der Waals surface area contributed by atoms with Gasteiger partial charge in [-0.25, -0.2) is 18.7 Å². The normalized spacial score (nSPS) is 23.0. The van der Waals surface area contributed by atoms with Crippen LogP contribution in [0.3, 0.4) is 0 Å². The fourth-order valence-electron chi connectivity index (χ4n) is 6.54. The molecule has 1 saturated carbocycles. The first-order chi connectivity index (χ1) is 21.5. The largest absolute Gasteiger partial charge is 0.472 e. The van der Waals surface area contributed by atoms with E-state index in [-0.39, 0.29) is 40.9 Å². The van der Waals surface area contributed by atoms with Gasteiger partial charge in [0.05, 0.1) is 42.7 Å². The average molecular weight is 637 g/mol. The molecule has 3 fully saturated rings. The number of pyridine rings is 2. The van der Waals surface area contributed by atoms with Crippen molar-refractivity contribution in [3.63, 3.8) is 0 Å². The van der Waals surface area contributed by atoms with E-state index in [0.29, 0.717) is 38.7 Å². The third-order valence-corrected chi connectivity index (χ3v) is 9.10. The molecule has 2 saturated heterocycles. The van der Waals surface area contributed by atoms with Crippen LogP contribution in [0.15, 0.2) is 0 Å². The van der Waals surface area contributed by atoms with Crippen LogP contribution < -0.4 is 25.4 Å². The zero-order chi connectivity index (χ0) is 31.7. The number of nitrogens with two attached hydrogens (primary N) is 1. The van der Waals surface area contributed by atoms with Crippen LogP contribution >= 0.6 is 0 Å². The van der Waals surface area contributed by atoms with Gasteiger partial charge < -0.3 is 30.2 Å². The number of halogens is 5. The highest BCUT2D eigenvalue weighted by Gasteiger charge is 2.46. The van der Waals surface area contributed by atoms with Crippen LogP contribution in [-0.2, 0) is 10.9 Å². The molecule has 4 aliphatic rings. The molecule has 3 aromatic rings. The molecule has 45 heavy (non-hydrogen) atoms. The van der Waals surface area contributed by atoms with E-state index in [4.69, 9.17) is 24.9 Å². The molecule has 242 valence electrons. The van der Waals surface area contributed by atoms with Crippen molar-refractivity contribution in [2.45, 2.75) is 45.0 Å². The van der Waals surface area contributed by atoms with Crippen LogP contribution in [0.2, 0.25) is 0 Å². The van der Waals surface area contributed by atoms with Crippen LogP contribution in [0, 0.1) is 24.0 Å². The van der Waals surface area contributed by atoms with Gasteiger partial charge in [-0.15, -0.1) is 0 Å². The van der Waals surface area contributed by atoms with E-state index in [9.17, 15) is 13.2 Å². The summed E-state index contributed by atoms with van der Waals surface area (Å²) in [5, 5.41) is 3.37. The first-order valence-corrected chi connectivity index (χ1v) is 15.0. The average Bonchev–Trinajstić information content (AvgIpc) is 3.79. The molecule has 6 heterocycles. The Balaban J connectivity index is 1.38. The van der Waals surface area contributed by atoms with Gasteiger partial charge in [-0.1, -0.05) is 0 Å². The maximum atomic E-state index is 16.6. The van der Waals surface area contributed by atoms with Crippen molar-refractivity contribution in [3.05, 3.63) is 22.9 Å². The lowest BCUT2D eigenvalue weighted by Crippen LogP contribution is -2.56. The highest BCUT2D eigenvalue weighted by Crippen LogP contribution is 2.48. The number of nitrogen functional groups attached to an aromatic ring is 1. The van der Waals surface area contributed by atoms with E-state index in [1.165, 1.54) is 0 Å². The van der Waals surface area contributed by atoms with E-state index < -0.39 is 52.2 Å². The number of hydrogen-bond donors (Lipinski definition) is 2. The van der Waals surface area contributed by atoms with Crippen LogP contribution in [-0.4, -0.2) is 96.1 Å². The summed E-state index contributed by atoms with van der Waals surface area (Å²) >= 11 is 0. The maximum absolute atomic E-state index is 16.6. The molecule has 1 aliphatic carbocycles. The Hall–Kier alpha value is -3.63. The second-order valence-electron chi connectivity index (χ2n) is 12.2. The molecule has 3 aromatic heterocycles. The van der Waals surface area contributed by atoms with Crippen molar-refractivity contribution >= 4 is 22.5 Å². The highest BCUT2D eigenvalue weighted by molar-refractivity contribution is 5.97. The number of aryl methyl sites for hydroxylation is 1. The van der Waals surface area contributed by atoms with E-state index in [0.717, 1.165) is 39.4 Å². The summed E-state index contributed by atoms with van der Waals surface area (Å²) in [6.45, 7) is 8.43. The summed E-state index contributed by atoms with van der Waals surface area (Å²) in [6.07, 6.45) is -3.77. The van der Waals surface area contributed by atoms with Crippen molar-refractivity contribution in [1.82, 2.24) is 30.2 Å². The quantitative estimate of drug-likeness (QED) is 0.388. The van der Waals surface area contributed by atoms with E-state index in [2.05, 4.69) is 25.2 Å². The lowest BCUT2D eigenvalue weighted by Gasteiger charge is -2.38. The molecule has 7 rings (SSSR count). The van der Waals surface area contributed by atoms with Crippen molar-refractivity contribution in [3.8, 4) is 23.1 Å². The monoisotopic (exact) mass is 636 g/mol. The smallest absolute Gasteiger partial charge is 0.418 e. The van der Waals surface area contributed by atoms with Crippen molar-refractivity contribution < 1.29 is 36.2 Å². The number of piperazine rings is 1. The Morgan fingerprint density at radius 2 is 1.82 bits per heavy atom. The molecule has 0 spiro atoms. The van der Waals surface area contributed by atoms with Gasteiger partial charge in [0.15, 0.2) is 17.5 Å². The Labute approximate surface area is 255 Å². The van der Waals surface area contributed by atoms with Gasteiger partial charge in [-0.05, 0) is 26.7 Å². The summed E-state index contributed by atoms with van der Waals surface area (Å²) < 4.78 is 92.7. The molecule has 0 aromatic carbocycles. The number of alkyl halides is 3. The van der Waals surface area contributed by atoms with Gasteiger partial charge in [-0.3, -0.25) is 4.90 Å². The number of fused-ring (bicyclic) bond motifs is 2. The Morgan fingerprint density at radius 3 is 2.53 bits per heavy atom. The van der Waals surface area contributed by atoms with Crippen LogP contribution in [0.4, 0.5) is 33.6 Å². The summed E-state index contributed by atoms with van der Waals surface area (Å²) in [6, 6.07) is -0.413. The van der Waals surface area contributed by atoms with Gasteiger partial charge in [-0.2, -0.15) is 23.1 Å². The first kappa shape index (κ1) is 30.0. The second kappa shape index (κ2) is 11.0. The van der Waals surface area contributed by atoms with Crippen LogP contribution in [0.25, 0.3) is 22.2 Å². The molecular weight excluding hydrogens is 603 g/mol. The summed E-state index contributed by atoms with van der Waals surface area (Å²) in [5.74, 6) is -3.56. The molecule has 0 amide bonds. The van der Waals surface area contributed by atoms with Gasteiger partial charge in [0.2, 0.25) is 5.88 Å². The lowest BCUT2D eigenvalue weighted by atomic mass is 10.0. The maximum Gasteiger partial charge on any atom is 0.418 e. The minimum absolute atomic E-state index is 0.0713. The summed E-state index contributed by atoms with van der Waals surface area (Å²) in [5.41, 5.74) is 0.922. The number of rotatable bonds is 6. The second-order valence-corrected chi connectivity index (χ2v) is 12.2. The minimum atomic E-state index is -5.09. The third-order valence-electron chi connectivity index (χ3n) is 9.10. The number of nitrogens with zero attached hydrogens (tertiary/aromatic N) is 6. The van der Waals surface area contributed by atoms with Crippen molar-refractivity contribution in [2.24, 2.45) is 5.41 Å². The number of morpholine rings is 1. The predicted molar refractivity (Wildman–Crippen MR) is 153 cm³/mol. The van der Waals surface area contributed by atoms with Crippen molar-refractivity contribution in [1.29, 1.82) is 0 Å². The molecule has 0 unspecified atom stereocenters. The number of hydrogen-bond acceptors (Lipinski definition) is 11. The Kier molecular flexibility index (Phi) is 7.35. The number of aromatic nitrogens is 4. The zero-order valence-electron chi connectivity index (χ0n) is 24.8. The molecule has 3 aliphatic heterocycles. The lowest BCUT2D eigenvalue weighted by molar-refractivity contribution is -0.138. The Bertz CT molecular complexity index is 1650. The highest BCUT2D eigenvalue weighted by atomic mass is 19.4. The van der Waals surface area contributed by atoms with E-state index in [1.54, 1.807) is 6.92 Å². The standard InChI is InChI=1S/C29H33F5N8O3/c1-14-19(29(32,33)34)17(20(30)24(35)37-14)22-21(31)23-18-25(42-6-5-36-11-16(42)15(2)45-26(18)38-22)40-27(39-23)44-13-28(3-4-28)12-41-7-9-43-10-8-41/h15-16,36H,3-13H2,1-2H3,(H2,35,37)/t15-,16-/m0/s1. The predicted octanol–water partition coefficient (Wildman–Crippen LogP) is 3.32. The van der Waals surface area contributed by atoms with Gasteiger partial charge >= 0.3 is 12.2 Å². The zero-order valence-corrected chi connectivity index (χ0v) is 24.8. The number of nitrogens with one attached hydrogen (secondary N) is 1. The van der Waals surface area contributed by atoms with Crippen LogP contribution in [0.5, 0.6) is 11.9 Å². The first-order valence-electron chi connectivity index (χ1n) is 15.0. The number of ether oxygens (including phenoxy) is 3. The van der Waals surface area contributed by atoms with Gasteiger partial charge in [0.25, 0.3) is 0 Å². The molecule has 0 bridgehead atoms. The molecule has 2 atom stereocenters. The molecule has 16 heteroatoms. The third kappa shape index (κ3) is 5.35. The van der Waals surface area contributed by atoms with E-state index in [1.807, 2.05) is 4.90 Å². The van der Waals surface area contributed by atoms with Crippen LogP contribution in [0.1, 0.15) is 31.0 Å². The van der Waals surface area contributed by atoms with Gasteiger partial charge in [0, 0.05) is 44.7 Å².